The van der Waals surface area contributed by atoms with Gasteiger partial charge in [-0.3, -0.25) is 4.79 Å². The lowest BCUT2D eigenvalue weighted by Crippen LogP contribution is -2.25. The van der Waals surface area contributed by atoms with Gasteiger partial charge in [-0.25, -0.2) is 4.98 Å². The molecule has 4 aromatic rings. The van der Waals surface area contributed by atoms with Gasteiger partial charge in [0, 0.05) is 29.2 Å². The Labute approximate surface area is 179 Å². The van der Waals surface area contributed by atoms with Crippen LogP contribution < -0.4 is 5.32 Å². The quantitative estimate of drug-likeness (QED) is 0.494. The number of aromatic nitrogens is 3. The molecule has 0 saturated carbocycles. The van der Waals surface area contributed by atoms with Gasteiger partial charge in [0.05, 0.1) is 6.20 Å². The molecule has 6 nitrogen and oxygen atoms in total. The van der Waals surface area contributed by atoms with Gasteiger partial charge in [0.25, 0.3) is 5.91 Å². The Morgan fingerprint density at radius 2 is 1.83 bits per heavy atom. The number of carbonyl (C=O) groups excluding carboxylic acids is 1. The van der Waals surface area contributed by atoms with Crippen LogP contribution in [0.15, 0.2) is 60.8 Å². The fourth-order valence-corrected chi connectivity index (χ4v) is 3.48. The molecule has 0 radical (unpaired) electrons. The molecule has 4 rings (SSSR count). The van der Waals surface area contributed by atoms with Crippen LogP contribution in [-0.2, 0) is 12.8 Å². The molecule has 0 aliphatic carbocycles. The second-order valence-corrected chi connectivity index (χ2v) is 7.52. The molecule has 0 atom stereocenters. The van der Waals surface area contributed by atoms with E-state index in [0.717, 1.165) is 17.5 Å². The number of fused-ring (bicyclic) bond motifs is 1. The topological polar surface area (TPSA) is 79.5 Å². The Hall–Kier alpha value is -3.38. The average Bonchev–Trinajstić information content (AvgIpc) is 3.17. The van der Waals surface area contributed by atoms with Gasteiger partial charge in [0.15, 0.2) is 5.65 Å². The summed E-state index contributed by atoms with van der Waals surface area (Å²) in [5.41, 5.74) is 4.11. The van der Waals surface area contributed by atoms with Crippen molar-refractivity contribution in [2.45, 2.75) is 19.8 Å². The van der Waals surface area contributed by atoms with Gasteiger partial charge in [0.1, 0.15) is 5.56 Å². The van der Waals surface area contributed by atoms with E-state index in [-0.39, 0.29) is 11.8 Å². The van der Waals surface area contributed by atoms with Gasteiger partial charge in [-0.1, -0.05) is 54.1 Å². The fourth-order valence-electron chi connectivity index (χ4n) is 3.35. The molecule has 1 amide bonds. The highest BCUT2D eigenvalue weighted by atomic mass is 35.5. The van der Waals surface area contributed by atoms with E-state index in [9.17, 15) is 9.90 Å². The van der Waals surface area contributed by atoms with Crippen LogP contribution >= 0.6 is 11.6 Å². The predicted molar refractivity (Wildman–Crippen MR) is 116 cm³/mol. The maximum Gasteiger partial charge on any atom is 0.256 e. The zero-order valence-electron chi connectivity index (χ0n) is 16.5. The van der Waals surface area contributed by atoms with E-state index >= 15 is 0 Å². The Morgan fingerprint density at radius 3 is 2.57 bits per heavy atom. The minimum Gasteiger partial charge on any atom is -0.493 e. The summed E-state index contributed by atoms with van der Waals surface area (Å²) < 4.78 is 1.31. The minimum atomic E-state index is -0.266. The molecule has 2 heterocycles. The highest BCUT2D eigenvalue weighted by Crippen LogP contribution is 2.26. The summed E-state index contributed by atoms with van der Waals surface area (Å²) in [5.74, 6) is -0.284. The van der Waals surface area contributed by atoms with Gasteiger partial charge in [-0.05, 0) is 36.6 Å². The number of amides is 1. The number of carbonyl (C=O) groups is 1. The first-order valence-electron chi connectivity index (χ1n) is 9.65. The summed E-state index contributed by atoms with van der Waals surface area (Å²) in [6, 6.07) is 17.4. The number of halogens is 1. The molecule has 152 valence electrons. The summed E-state index contributed by atoms with van der Waals surface area (Å²) >= 11 is 5.94. The summed E-state index contributed by atoms with van der Waals surface area (Å²) in [5, 5.41) is 18.5. The molecule has 2 aromatic carbocycles. The fraction of sp³-hybridized carbons (Fsp3) is 0.174. The Bertz CT molecular complexity index is 1190. The molecule has 7 heteroatoms. The first-order valence-corrected chi connectivity index (χ1v) is 10.0. The molecule has 2 aromatic heterocycles. The van der Waals surface area contributed by atoms with Crippen molar-refractivity contribution < 1.29 is 9.90 Å². The summed E-state index contributed by atoms with van der Waals surface area (Å²) in [6.07, 6.45) is 2.65. The second-order valence-electron chi connectivity index (χ2n) is 7.09. The molecule has 30 heavy (non-hydrogen) atoms. The SMILES string of the molecule is Cc1nc2c(C(=O)NCCc3ccccc3)cnn2c(O)c1Cc1ccc(Cl)cc1. The maximum atomic E-state index is 12.6. The van der Waals surface area contributed by atoms with Crippen LogP contribution in [0.1, 0.15) is 32.7 Å². The first kappa shape index (κ1) is 19.9. The van der Waals surface area contributed by atoms with Crippen molar-refractivity contribution in [3.05, 3.63) is 93.8 Å². The molecule has 0 aliphatic heterocycles. The smallest absolute Gasteiger partial charge is 0.256 e. The van der Waals surface area contributed by atoms with Crippen LogP contribution in [0.4, 0.5) is 0 Å². The lowest BCUT2D eigenvalue weighted by molar-refractivity contribution is 0.0955. The lowest BCUT2D eigenvalue weighted by atomic mass is 10.0. The zero-order valence-corrected chi connectivity index (χ0v) is 17.2. The average molecular weight is 421 g/mol. The van der Waals surface area contributed by atoms with Crippen molar-refractivity contribution in [2.75, 3.05) is 6.54 Å². The molecule has 0 fully saturated rings. The summed E-state index contributed by atoms with van der Waals surface area (Å²) in [4.78, 5) is 17.2. The highest BCUT2D eigenvalue weighted by molar-refractivity contribution is 6.30. The van der Waals surface area contributed by atoms with E-state index in [1.165, 1.54) is 10.7 Å². The van der Waals surface area contributed by atoms with Crippen molar-refractivity contribution in [2.24, 2.45) is 0 Å². The number of aryl methyl sites for hydroxylation is 1. The Kier molecular flexibility index (Phi) is 5.68. The molecule has 0 bridgehead atoms. The van der Waals surface area contributed by atoms with Crippen LogP contribution in [0, 0.1) is 6.92 Å². The third-order valence-corrected chi connectivity index (χ3v) is 5.26. The van der Waals surface area contributed by atoms with E-state index in [2.05, 4.69) is 15.4 Å². The number of nitrogens with zero attached hydrogens (tertiary/aromatic N) is 3. The Balaban J connectivity index is 1.54. The van der Waals surface area contributed by atoms with Crippen LogP contribution in [0.3, 0.4) is 0 Å². The minimum absolute atomic E-state index is 0.0178. The number of hydrogen-bond donors (Lipinski definition) is 2. The van der Waals surface area contributed by atoms with Gasteiger partial charge in [-0.2, -0.15) is 9.61 Å². The van der Waals surface area contributed by atoms with Crippen molar-refractivity contribution in [3.8, 4) is 5.88 Å². The molecule has 0 saturated heterocycles. The molecular formula is C23H21ClN4O2. The lowest BCUT2D eigenvalue weighted by Gasteiger charge is -2.10. The van der Waals surface area contributed by atoms with Gasteiger partial charge in [-0.15, -0.1) is 0 Å². The highest BCUT2D eigenvalue weighted by Gasteiger charge is 2.19. The molecular weight excluding hydrogens is 400 g/mol. The number of nitrogens with one attached hydrogen (secondary N) is 1. The predicted octanol–water partition coefficient (Wildman–Crippen LogP) is 3.96. The number of aromatic hydroxyl groups is 1. The third-order valence-electron chi connectivity index (χ3n) is 5.01. The van der Waals surface area contributed by atoms with E-state index < -0.39 is 0 Å². The van der Waals surface area contributed by atoms with E-state index in [1.807, 2.05) is 49.4 Å². The standard InChI is InChI=1S/C23H21ClN4O2/c1-15-19(13-17-7-9-18(24)10-8-17)23(30)28-21(27-15)20(14-26-28)22(29)25-12-11-16-5-3-2-4-6-16/h2-10,14,30H,11-13H2,1H3,(H,25,29). The number of hydrogen-bond acceptors (Lipinski definition) is 4. The van der Waals surface area contributed by atoms with Crippen molar-refractivity contribution in [1.29, 1.82) is 0 Å². The maximum absolute atomic E-state index is 12.6. The molecule has 0 unspecified atom stereocenters. The van der Waals surface area contributed by atoms with Crippen molar-refractivity contribution >= 4 is 23.2 Å². The molecule has 0 aliphatic rings. The largest absolute Gasteiger partial charge is 0.493 e. The third kappa shape index (κ3) is 4.14. The van der Waals surface area contributed by atoms with Crippen LogP contribution in [-0.4, -0.2) is 32.2 Å². The monoisotopic (exact) mass is 420 g/mol. The number of benzene rings is 2. The first-order chi connectivity index (χ1) is 14.5. The van der Waals surface area contributed by atoms with Gasteiger partial charge < -0.3 is 10.4 Å². The van der Waals surface area contributed by atoms with Crippen LogP contribution in [0.5, 0.6) is 5.88 Å². The van der Waals surface area contributed by atoms with Crippen LogP contribution in [0.25, 0.3) is 5.65 Å². The zero-order chi connectivity index (χ0) is 21.1. The van der Waals surface area contributed by atoms with E-state index in [4.69, 9.17) is 11.6 Å². The summed E-state index contributed by atoms with van der Waals surface area (Å²) in [7, 11) is 0. The Morgan fingerprint density at radius 1 is 1.10 bits per heavy atom. The number of rotatable bonds is 6. The van der Waals surface area contributed by atoms with Crippen molar-refractivity contribution in [1.82, 2.24) is 19.9 Å². The second kappa shape index (κ2) is 8.55. The van der Waals surface area contributed by atoms with Crippen LogP contribution in [0.2, 0.25) is 5.02 Å². The van der Waals surface area contributed by atoms with E-state index in [1.54, 1.807) is 12.1 Å². The van der Waals surface area contributed by atoms with Crippen molar-refractivity contribution in [3.63, 3.8) is 0 Å². The normalized spacial score (nSPS) is 11.0. The molecule has 0 spiro atoms. The summed E-state index contributed by atoms with van der Waals surface area (Å²) in [6.45, 7) is 2.31. The van der Waals surface area contributed by atoms with Gasteiger partial charge in [0.2, 0.25) is 5.88 Å². The van der Waals surface area contributed by atoms with E-state index in [0.29, 0.717) is 40.5 Å². The molecule has 2 N–H and O–H groups in total. The van der Waals surface area contributed by atoms with Gasteiger partial charge >= 0.3 is 0 Å².